The Kier molecular flexibility index (Phi) is 4.66. The predicted octanol–water partition coefficient (Wildman–Crippen LogP) is 2.89. The zero-order chi connectivity index (χ0) is 20.9. The van der Waals surface area contributed by atoms with E-state index in [1.54, 1.807) is 30.3 Å². The molecule has 2 fully saturated rings. The molecule has 3 rings (SSSR count). The summed E-state index contributed by atoms with van der Waals surface area (Å²) in [6.45, 7) is 12.1. The van der Waals surface area contributed by atoms with Gasteiger partial charge in [-0.05, 0) is 35.1 Å². The first-order chi connectivity index (χ1) is 13.1. The van der Waals surface area contributed by atoms with Crippen molar-refractivity contribution in [2.24, 2.45) is 16.7 Å². The summed E-state index contributed by atoms with van der Waals surface area (Å²) in [5.41, 5.74) is 0.528. The molecular weight excluding hydrogens is 354 g/mol. The minimum absolute atomic E-state index is 0.0496. The van der Waals surface area contributed by atoms with Crippen LogP contribution in [0.3, 0.4) is 0 Å². The lowest BCUT2D eigenvalue weighted by Crippen LogP contribution is -2.47. The molecule has 28 heavy (non-hydrogen) atoms. The van der Waals surface area contributed by atoms with E-state index in [4.69, 9.17) is 5.26 Å². The second kappa shape index (κ2) is 6.59. The second-order valence-electron chi connectivity index (χ2n) is 8.60. The molecule has 0 N–H and O–H groups in total. The summed E-state index contributed by atoms with van der Waals surface area (Å²) in [6.07, 6.45) is 1.54. The van der Waals surface area contributed by atoms with E-state index in [-0.39, 0.29) is 41.5 Å². The number of benzene rings is 1. The Balaban J connectivity index is 1.88. The largest absolute Gasteiger partial charge is 0.326 e. The van der Waals surface area contributed by atoms with E-state index in [2.05, 4.69) is 6.58 Å². The maximum Gasteiger partial charge on any atom is 0.257 e. The Morgan fingerprint density at radius 2 is 1.82 bits per heavy atom. The minimum atomic E-state index is -0.833. The van der Waals surface area contributed by atoms with Gasteiger partial charge in [-0.3, -0.25) is 14.4 Å². The Labute approximate surface area is 165 Å². The zero-order valence-corrected chi connectivity index (χ0v) is 16.7. The van der Waals surface area contributed by atoms with Crippen molar-refractivity contribution in [3.05, 3.63) is 42.5 Å². The Morgan fingerprint density at radius 3 is 2.29 bits per heavy atom. The van der Waals surface area contributed by atoms with Gasteiger partial charge in [-0.25, -0.2) is 4.90 Å². The van der Waals surface area contributed by atoms with Crippen LogP contribution >= 0.6 is 0 Å². The molecule has 1 heterocycles. The standard InChI is InChI=1S/C22H25N3O3/c1-6-11-24(20(28)18-21(2,3)22(18,4)5)16-12-17(26)25(19(16)27)15-9-7-14(13-23)8-10-15/h6-10,16,18H,1,11-12H2,2-5H3. The maximum absolute atomic E-state index is 13.3. The fraction of sp³-hybridized carbons (Fsp3) is 0.455. The summed E-state index contributed by atoms with van der Waals surface area (Å²) in [7, 11) is 0. The van der Waals surface area contributed by atoms with E-state index < -0.39 is 11.9 Å². The van der Waals surface area contributed by atoms with Crippen molar-refractivity contribution in [2.45, 2.75) is 40.2 Å². The first kappa shape index (κ1) is 19.8. The molecule has 1 aromatic carbocycles. The molecule has 0 bridgehead atoms. The summed E-state index contributed by atoms with van der Waals surface area (Å²) in [5.74, 6) is -1.08. The smallest absolute Gasteiger partial charge is 0.257 e. The molecule has 146 valence electrons. The highest BCUT2D eigenvalue weighted by Crippen LogP contribution is 2.68. The maximum atomic E-state index is 13.3. The van der Waals surface area contributed by atoms with Crippen LogP contribution in [-0.4, -0.2) is 35.2 Å². The summed E-state index contributed by atoms with van der Waals surface area (Å²) < 4.78 is 0. The lowest BCUT2D eigenvalue weighted by atomic mass is 10.0. The number of carbonyl (C=O) groups is 3. The third-order valence-electron chi connectivity index (χ3n) is 6.63. The third kappa shape index (κ3) is 2.82. The third-order valence-corrected chi connectivity index (χ3v) is 6.63. The number of imide groups is 1. The number of carbonyl (C=O) groups excluding carboxylic acids is 3. The van der Waals surface area contributed by atoms with Crippen molar-refractivity contribution in [2.75, 3.05) is 11.4 Å². The number of hydrogen-bond acceptors (Lipinski definition) is 4. The second-order valence-corrected chi connectivity index (χ2v) is 8.60. The molecule has 1 atom stereocenters. The molecular formula is C22H25N3O3. The van der Waals surface area contributed by atoms with E-state index in [1.807, 2.05) is 33.8 Å². The summed E-state index contributed by atoms with van der Waals surface area (Å²) in [5, 5.41) is 8.92. The number of rotatable bonds is 5. The monoisotopic (exact) mass is 379 g/mol. The number of nitriles is 1. The van der Waals surface area contributed by atoms with Crippen molar-refractivity contribution in [1.82, 2.24) is 4.90 Å². The van der Waals surface area contributed by atoms with Crippen LogP contribution in [0.5, 0.6) is 0 Å². The van der Waals surface area contributed by atoms with E-state index >= 15 is 0 Å². The molecule has 2 aliphatic rings. The average molecular weight is 379 g/mol. The molecule has 3 amide bonds. The van der Waals surface area contributed by atoms with Crippen molar-refractivity contribution >= 4 is 23.4 Å². The van der Waals surface area contributed by atoms with Gasteiger partial charge in [0, 0.05) is 12.5 Å². The van der Waals surface area contributed by atoms with Gasteiger partial charge in [0.1, 0.15) is 6.04 Å². The van der Waals surface area contributed by atoms with Gasteiger partial charge in [-0.1, -0.05) is 33.8 Å². The zero-order valence-electron chi connectivity index (χ0n) is 16.7. The van der Waals surface area contributed by atoms with Crippen LogP contribution in [0, 0.1) is 28.1 Å². The molecule has 1 unspecified atom stereocenters. The van der Waals surface area contributed by atoms with Gasteiger partial charge in [0.2, 0.25) is 11.8 Å². The topological polar surface area (TPSA) is 81.5 Å². The first-order valence-electron chi connectivity index (χ1n) is 9.36. The summed E-state index contributed by atoms with van der Waals surface area (Å²) in [4.78, 5) is 41.5. The van der Waals surface area contributed by atoms with Crippen LogP contribution in [0.25, 0.3) is 0 Å². The van der Waals surface area contributed by atoms with Gasteiger partial charge < -0.3 is 4.90 Å². The predicted molar refractivity (Wildman–Crippen MR) is 105 cm³/mol. The van der Waals surface area contributed by atoms with Crippen LogP contribution < -0.4 is 4.90 Å². The fourth-order valence-corrected chi connectivity index (χ4v) is 4.31. The summed E-state index contributed by atoms with van der Waals surface area (Å²) >= 11 is 0. The van der Waals surface area contributed by atoms with Gasteiger partial charge in [0.25, 0.3) is 5.91 Å². The first-order valence-corrected chi connectivity index (χ1v) is 9.36. The Morgan fingerprint density at radius 1 is 1.25 bits per heavy atom. The normalized spacial score (nSPS) is 22.7. The number of nitrogens with zero attached hydrogens (tertiary/aromatic N) is 3. The highest BCUT2D eigenvalue weighted by atomic mass is 16.2. The van der Waals surface area contributed by atoms with Crippen molar-refractivity contribution in [3.63, 3.8) is 0 Å². The van der Waals surface area contributed by atoms with Gasteiger partial charge in [0.15, 0.2) is 0 Å². The van der Waals surface area contributed by atoms with E-state index in [0.29, 0.717) is 11.3 Å². The van der Waals surface area contributed by atoms with Crippen LogP contribution in [-0.2, 0) is 14.4 Å². The number of amides is 3. The summed E-state index contributed by atoms with van der Waals surface area (Å²) in [6, 6.07) is 7.44. The lowest BCUT2D eigenvalue weighted by molar-refractivity contribution is -0.139. The lowest BCUT2D eigenvalue weighted by Gasteiger charge is -2.27. The molecule has 0 spiro atoms. The van der Waals surface area contributed by atoms with E-state index in [9.17, 15) is 14.4 Å². The highest BCUT2D eigenvalue weighted by Gasteiger charge is 2.69. The quantitative estimate of drug-likeness (QED) is 0.582. The van der Waals surface area contributed by atoms with Crippen molar-refractivity contribution in [1.29, 1.82) is 5.26 Å². The fourth-order valence-electron chi connectivity index (χ4n) is 4.31. The van der Waals surface area contributed by atoms with Crippen LogP contribution in [0.4, 0.5) is 5.69 Å². The highest BCUT2D eigenvalue weighted by molar-refractivity contribution is 6.23. The molecule has 0 radical (unpaired) electrons. The van der Waals surface area contributed by atoms with Crippen LogP contribution in [0.1, 0.15) is 39.7 Å². The molecule has 1 saturated heterocycles. The minimum Gasteiger partial charge on any atom is -0.326 e. The van der Waals surface area contributed by atoms with Crippen molar-refractivity contribution < 1.29 is 14.4 Å². The molecule has 1 saturated carbocycles. The molecule has 1 aliphatic heterocycles. The van der Waals surface area contributed by atoms with E-state index in [0.717, 1.165) is 4.90 Å². The van der Waals surface area contributed by atoms with E-state index in [1.165, 1.54) is 4.90 Å². The molecule has 1 aliphatic carbocycles. The van der Waals surface area contributed by atoms with Gasteiger partial charge in [-0.2, -0.15) is 5.26 Å². The molecule has 6 nitrogen and oxygen atoms in total. The van der Waals surface area contributed by atoms with Gasteiger partial charge in [0.05, 0.1) is 23.7 Å². The average Bonchev–Trinajstić information content (AvgIpc) is 2.88. The molecule has 1 aromatic rings. The van der Waals surface area contributed by atoms with Crippen LogP contribution in [0.15, 0.2) is 36.9 Å². The SMILES string of the molecule is C=CCN(C(=O)C1C(C)(C)C1(C)C)C1CC(=O)N(c2ccc(C#N)cc2)C1=O. The van der Waals surface area contributed by atoms with Crippen molar-refractivity contribution in [3.8, 4) is 6.07 Å². The van der Waals surface area contributed by atoms with Gasteiger partial charge >= 0.3 is 0 Å². The molecule has 6 heteroatoms. The number of hydrogen-bond donors (Lipinski definition) is 0. The number of anilines is 1. The molecule has 0 aromatic heterocycles. The van der Waals surface area contributed by atoms with Gasteiger partial charge in [-0.15, -0.1) is 6.58 Å². The Bertz CT molecular complexity index is 879. The van der Waals surface area contributed by atoms with Crippen LogP contribution in [0.2, 0.25) is 0 Å². The Hall–Kier alpha value is -2.94.